The molecule has 0 bridgehead atoms. The quantitative estimate of drug-likeness (QED) is 0.319. The van der Waals surface area contributed by atoms with E-state index in [0.717, 1.165) is 0 Å². The zero-order chi connectivity index (χ0) is 19.9. The summed E-state index contributed by atoms with van der Waals surface area (Å²) in [5.41, 5.74) is 3.55. The number of aromatic nitrogens is 1. The zero-order valence-corrected chi connectivity index (χ0v) is 16.3. The van der Waals surface area contributed by atoms with Gasteiger partial charge in [0.25, 0.3) is 5.91 Å². The average molecular weight is 430 g/mol. The van der Waals surface area contributed by atoms with Crippen LogP contribution in [0.3, 0.4) is 0 Å². The highest BCUT2D eigenvalue weighted by Crippen LogP contribution is 2.31. The van der Waals surface area contributed by atoms with Crippen molar-refractivity contribution in [3.8, 4) is 5.75 Å². The zero-order valence-electron chi connectivity index (χ0n) is 14.0. The third kappa shape index (κ3) is 7.05. The second kappa shape index (κ2) is 9.55. The van der Waals surface area contributed by atoms with E-state index in [1.165, 1.54) is 25.5 Å². The summed E-state index contributed by atoms with van der Waals surface area (Å²) >= 11 is 17.4. The minimum absolute atomic E-state index is 0.352. The van der Waals surface area contributed by atoms with Crippen LogP contribution in [-0.4, -0.2) is 33.0 Å². The highest BCUT2D eigenvalue weighted by Gasteiger charge is 2.35. The fraction of sp³-hybridized carbons (Fsp3) is 0.176. The van der Waals surface area contributed by atoms with Crippen molar-refractivity contribution in [1.29, 1.82) is 0 Å². The van der Waals surface area contributed by atoms with Crippen LogP contribution in [0, 0.1) is 0 Å². The van der Waals surface area contributed by atoms with Crippen LogP contribution in [0.5, 0.6) is 5.75 Å². The summed E-state index contributed by atoms with van der Waals surface area (Å²) in [5, 5.41) is 6.29. The van der Waals surface area contributed by atoms with Crippen LogP contribution in [0.4, 0.5) is 0 Å². The maximum atomic E-state index is 11.8. The SMILES string of the molecule is CC(=O)N[C@@H](Oc1ccc(/C=N\NC(=O)c2ccncc2)cc1)C(Cl)(Cl)Cl. The van der Waals surface area contributed by atoms with Crippen LogP contribution in [0.2, 0.25) is 0 Å². The van der Waals surface area contributed by atoms with Gasteiger partial charge in [-0.25, -0.2) is 5.43 Å². The largest absolute Gasteiger partial charge is 0.466 e. The number of nitrogens with zero attached hydrogens (tertiary/aromatic N) is 2. The van der Waals surface area contributed by atoms with Crippen LogP contribution < -0.4 is 15.5 Å². The number of carbonyl (C=O) groups is 2. The lowest BCUT2D eigenvalue weighted by Gasteiger charge is -2.25. The summed E-state index contributed by atoms with van der Waals surface area (Å²) in [6.45, 7) is 1.28. The summed E-state index contributed by atoms with van der Waals surface area (Å²) in [4.78, 5) is 26.9. The molecule has 1 atom stereocenters. The molecule has 2 rings (SSSR count). The third-order valence-corrected chi connectivity index (χ3v) is 3.68. The summed E-state index contributed by atoms with van der Waals surface area (Å²) in [7, 11) is 0. The number of rotatable bonds is 6. The van der Waals surface area contributed by atoms with Gasteiger partial charge in [0.2, 0.25) is 15.9 Å². The smallest absolute Gasteiger partial charge is 0.271 e. The van der Waals surface area contributed by atoms with Gasteiger partial charge in [0, 0.05) is 24.9 Å². The average Bonchev–Trinajstić information content (AvgIpc) is 2.62. The Morgan fingerprint density at radius 2 is 1.78 bits per heavy atom. The second-order valence-electron chi connectivity index (χ2n) is 5.24. The maximum Gasteiger partial charge on any atom is 0.271 e. The standard InChI is InChI=1S/C17H15Cl3N4O3/c1-11(25)23-16(17(18,19)20)27-14-4-2-12(3-5-14)10-22-24-15(26)13-6-8-21-9-7-13/h2-10,16H,1H3,(H,23,25)(H,24,26)/b22-10-/t16-/m0/s1. The van der Waals surface area contributed by atoms with E-state index in [4.69, 9.17) is 39.5 Å². The Labute approximate surface area is 170 Å². The Bertz CT molecular complexity index is 808. The Hall–Kier alpha value is -2.35. The number of amides is 2. The molecule has 0 aliphatic carbocycles. The predicted octanol–water partition coefficient (Wildman–Crippen LogP) is 3.06. The molecule has 1 aromatic heterocycles. The Morgan fingerprint density at radius 1 is 1.15 bits per heavy atom. The van der Waals surface area contributed by atoms with Gasteiger partial charge in [-0.1, -0.05) is 34.8 Å². The van der Waals surface area contributed by atoms with E-state index in [2.05, 4.69) is 20.8 Å². The number of halogens is 3. The van der Waals surface area contributed by atoms with Gasteiger partial charge in [0.05, 0.1) is 6.21 Å². The molecule has 0 spiro atoms. The van der Waals surface area contributed by atoms with Gasteiger partial charge in [-0.3, -0.25) is 14.6 Å². The van der Waals surface area contributed by atoms with Crippen LogP contribution in [0.15, 0.2) is 53.9 Å². The van der Waals surface area contributed by atoms with Gasteiger partial charge in [0.1, 0.15) is 5.75 Å². The van der Waals surface area contributed by atoms with E-state index in [9.17, 15) is 9.59 Å². The molecule has 0 saturated heterocycles. The minimum Gasteiger partial charge on any atom is -0.466 e. The molecule has 1 aromatic carbocycles. The molecule has 2 aromatic rings. The first-order chi connectivity index (χ1) is 12.8. The number of hydrogen-bond acceptors (Lipinski definition) is 5. The molecule has 142 valence electrons. The van der Waals surface area contributed by atoms with Gasteiger partial charge in [0.15, 0.2) is 0 Å². The normalized spacial score (nSPS) is 12.4. The fourth-order valence-electron chi connectivity index (χ4n) is 1.86. The van der Waals surface area contributed by atoms with Gasteiger partial charge in [-0.2, -0.15) is 5.10 Å². The highest BCUT2D eigenvalue weighted by molar-refractivity contribution is 6.68. The monoisotopic (exact) mass is 428 g/mol. The predicted molar refractivity (Wildman–Crippen MR) is 104 cm³/mol. The summed E-state index contributed by atoms with van der Waals surface area (Å²) < 4.78 is 3.65. The van der Waals surface area contributed by atoms with Crippen molar-refractivity contribution in [2.24, 2.45) is 5.10 Å². The van der Waals surface area contributed by atoms with Crippen molar-refractivity contribution in [2.45, 2.75) is 16.9 Å². The second-order valence-corrected chi connectivity index (χ2v) is 7.61. The van der Waals surface area contributed by atoms with E-state index in [1.807, 2.05) is 0 Å². The van der Waals surface area contributed by atoms with E-state index >= 15 is 0 Å². The maximum absolute atomic E-state index is 11.8. The van der Waals surface area contributed by atoms with Crippen molar-refractivity contribution >= 4 is 52.8 Å². The molecule has 0 radical (unpaired) electrons. The van der Waals surface area contributed by atoms with E-state index in [1.54, 1.807) is 36.4 Å². The number of hydrogen-bond donors (Lipinski definition) is 2. The summed E-state index contributed by atoms with van der Waals surface area (Å²) in [5.74, 6) is -0.382. The van der Waals surface area contributed by atoms with Crippen molar-refractivity contribution in [1.82, 2.24) is 15.7 Å². The molecule has 0 fully saturated rings. The molecule has 27 heavy (non-hydrogen) atoms. The number of alkyl halides is 3. The molecule has 0 saturated carbocycles. The number of pyridine rings is 1. The van der Waals surface area contributed by atoms with E-state index < -0.39 is 15.9 Å². The summed E-state index contributed by atoms with van der Waals surface area (Å²) in [6.07, 6.45) is 3.34. The van der Waals surface area contributed by atoms with Gasteiger partial charge >= 0.3 is 0 Å². The van der Waals surface area contributed by atoms with Gasteiger partial charge < -0.3 is 10.1 Å². The molecule has 0 aliphatic rings. The first kappa shape index (κ1) is 21.0. The highest BCUT2D eigenvalue weighted by atomic mass is 35.6. The minimum atomic E-state index is -1.84. The van der Waals surface area contributed by atoms with Crippen molar-refractivity contribution in [3.05, 3.63) is 59.9 Å². The van der Waals surface area contributed by atoms with Crippen molar-refractivity contribution in [3.63, 3.8) is 0 Å². The number of carbonyl (C=O) groups excluding carboxylic acids is 2. The molecule has 7 nitrogen and oxygen atoms in total. The number of nitrogens with one attached hydrogen (secondary N) is 2. The first-order valence-electron chi connectivity index (χ1n) is 7.59. The molecular formula is C17H15Cl3N4O3. The van der Waals surface area contributed by atoms with Gasteiger partial charge in [-0.15, -0.1) is 0 Å². The summed E-state index contributed by atoms with van der Waals surface area (Å²) in [6, 6.07) is 9.73. The molecule has 0 aliphatic heterocycles. The molecule has 2 amide bonds. The van der Waals surface area contributed by atoms with Crippen molar-refractivity contribution in [2.75, 3.05) is 0 Å². The number of ether oxygens (including phenoxy) is 1. The lowest BCUT2D eigenvalue weighted by atomic mass is 10.2. The van der Waals surface area contributed by atoms with E-state index in [0.29, 0.717) is 16.9 Å². The molecule has 2 N–H and O–H groups in total. The van der Waals surface area contributed by atoms with Crippen LogP contribution >= 0.6 is 34.8 Å². The Kier molecular flexibility index (Phi) is 7.41. The topological polar surface area (TPSA) is 92.7 Å². The molecule has 10 heteroatoms. The van der Waals surface area contributed by atoms with E-state index in [-0.39, 0.29) is 5.91 Å². The number of hydrazone groups is 1. The van der Waals surface area contributed by atoms with Crippen LogP contribution in [-0.2, 0) is 4.79 Å². The molecule has 1 heterocycles. The van der Waals surface area contributed by atoms with Crippen LogP contribution in [0.1, 0.15) is 22.8 Å². The Balaban J connectivity index is 1.96. The fourth-order valence-corrected chi connectivity index (χ4v) is 2.16. The lowest BCUT2D eigenvalue weighted by molar-refractivity contribution is -0.121. The molecular weight excluding hydrogens is 415 g/mol. The van der Waals surface area contributed by atoms with Crippen molar-refractivity contribution < 1.29 is 14.3 Å². The third-order valence-electron chi connectivity index (χ3n) is 3.09. The first-order valence-corrected chi connectivity index (χ1v) is 8.73. The lowest BCUT2D eigenvalue weighted by Crippen LogP contribution is -2.47. The molecule has 0 unspecified atom stereocenters. The van der Waals surface area contributed by atoms with Crippen LogP contribution in [0.25, 0.3) is 0 Å². The van der Waals surface area contributed by atoms with Gasteiger partial charge in [-0.05, 0) is 42.0 Å². The Morgan fingerprint density at radius 3 is 2.33 bits per heavy atom. The number of benzene rings is 1.